The Hall–Kier alpha value is -2.84. The van der Waals surface area contributed by atoms with Crippen LogP contribution in [0.4, 0.5) is 11.4 Å². The molecule has 2 nitrogen and oxygen atoms in total. The Morgan fingerprint density at radius 1 is 0.630 bits per heavy atom. The van der Waals surface area contributed by atoms with E-state index in [1.807, 2.05) is 0 Å². The summed E-state index contributed by atoms with van der Waals surface area (Å²) in [6.07, 6.45) is 0. The Morgan fingerprint density at radius 2 is 1.07 bits per heavy atom. The minimum atomic E-state index is 0.419. The number of fused-ring (bicyclic) bond motifs is 2. The highest BCUT2D eigenvalue weighted by atomic mass is 15.2. The molecular weight excluding hydrogens is 328 g/mol. The SMILES string of the molecule is CC(CN(c1cccc2ccccc12)c1cccc2ccccc12)N(C)C. The standard InChI is InChI=1S/C25H26N2/c1-19(26(2)3)18-27(24-16-8-12-20-10-4-6-14-22(20)24)25-17-9-13-21-11-5-7-15-23(21)25/h4-17,19H,18H2,1-3H3. The number of anilines is 2. The van der Waals surface area contributed by atoms with E-state index in [0.717, 1.165) is 6.54 Å². The Balaban J connectivity index is 1.94. The van der Waals surface area contributed by atoms with Crippen molar-refractivity contribution in [2.45, 2.75) is 13.0 Å². The molecule has 0 bridgehead atoms. The largest absolute Gasteiger partial charge is 0.339 e. The monoisotopic (exact) mass is 354 g/mol. The zero-order chi connectivity index (χ0) is 18.8. The van der Waals surface area contributed by atoms with Crippen LogP contribution >= 0.6 is 0 Å². The molecule has 0 N–H and O–H groups in total. The van der Waals surface area contributed by atoms with E-state index >= 15 is 0 Å². The summed E-state index contributed by atoms with van der Waals surface area (Å²) in [5.41, 5.74) is 2.52. The topological polar surface area (TPSA) is 6.48 Å². The van der Waals surface area contributed by atoms with Gasteiger partial charge in [0.2, 0.25) is 0 Å². The van der Waals surface area contributed by atoms with Gasteiger partial charge in [-0.3, -0.25) is 0 Å². The van der Waals surface area contributed by atoms with Gasteiger partial charge in [0.15, 0.2) is 0 Å². The molecule has 4 rings (SSSR count). The molecule has 0 saturated carbocycles. The molecule has 0 spiro atoms. The summed E-state index contributed by atoms with van der Waals surface area (Å²) in [5.74, 6) is 0. The lowest BCUT2D eigenvalue weighted by atomic mass is 10.0. The number of hydrogen-bond donors (Lipinski definition) is 0. The smallest absolute Gasteiger partial charge is 0.0491 e. The predicted octanol–water partition coefficient (Wildman–Crippen LogP) is 6.08. The van der Waals surface area contributed by atoms with Gasteiger partial charge >= 0.3 is 0 Å². The Kier molecular flexibility index (Phi) is 4.83. The summed E-state index contributed by atoms with van der Waals surface area (Å²) < 4.78 is 0. The van der Waals surface area contributed by atoms with E-state index in [1.165, 1.54) is 32.9 Å². The van der Waals surface area contributed by atoms with Gasteiger partial charge in [-0.1, -0.05) is 72.8 Å². The second kappa shape index (κ2) is 7.42. The molecule has 0 aliphatic heterocycles. The average molecular weight is 354 g/mol. The second-order valence-electron chi connectivity index (χ2n) is 7.42. The minimum Gasteiger partial charge on any atom is -0.339 e. The van der Waals surface area contributed by atoms with Crippen molar-refractivity contribution >= 4 is 32.9 Å². The minimum absolute atomic E-state index is 0.419. The first kappa shape index (κ1) is 17.6. The molecule has 1 atom stereocenters. The molecule has 0 amide bonds. The van der Waals surface area contributed by atoms with Crippen LogP contribution in [0.1, 0.15) is 6.92 Å². The van der Waals surface area contributed by atoms with Crippen molar-refractivity contribution in [1.29, 1.82) is 0 Å². The van der Waals surface area contributed by atoms with E-state index in [-0.39, 0.29) is 0 Å². The molecule has 2 heteroatoms. The molecule has 27 heavy (non-hydrogen) atoms. The molecule has 4 aromatic carbocycles. The van der Waals surface area contributed by atoms with Crippen molar-refractivity contribution in [2.24, 2.45) is 0 Å². The van der Waals surface area contributed by atoms with Crippen LogP contribution < -0.4 is 4.90 Å². The van der Waals surface area contributed by atoms with Gasteiger partial charge in [-0.05, 0) is 43.9 Å². The molecule has 136 valence electrons. The molecule has 0 heterocycles. The van der Waals surface area contributed by atoms with Crippen LogP contribution in [0.25, 0.3) is 21.5 Å². The van der Waals surface area contributed by atoms with Crippen LogP contribution in [0, 0.1) is 0 Å². The van der Waals surface area contributed by atoms with Gasteiger partial charge in [-0.2, -0.15) is 0 Å². The number of nitrogens with zero attached hydrogens (tertiary/aromatic N) is 2. The van der Waals surface area contributed by atoms with E-state index in [0.29, 0.717) is 6.04 Å². The molecule has 0 saturated heterocycles. The third kappa shape index (κ3) is 3.41. The van der Waals surface area contributed by atoms with E-state index < -0.39 is 0 Å². The lowest BCUT2D eigenvalue weighted by Gasteiger charge is -2.32. The van der Waals surface area contributed by atoms with Crippen LogP contribution in [0.3, 0.4) is 0 Å². The quantitative estimate of drug-likeness (QED) is 0.428. The maximum absolute atomic E-state index is 2.48. The average Bonchev–Trinajstić information content (AvgIpc) is 2.71. The fraction of sp³-hybridized carbons (Fsp3) is 0.200. The van der Waals surface area contributed by atoms with Gasteiger partial charge in [-0.15, -0.1) is 0 Å². The number of benzene rings is 4. The van der Waals surface area contributed by atoms with Crippen LogP contribution in [-0.2, 0) is 0 Å². The van der Waals surface area contributed by atoms with Crippen molar-refractivity contribution in [2.75, 3.05) is 25.5 Å². The first-order valence-corrected chi connectivity index (χ1v) is 9.54. The third-order valence-corrected chi connectivity index (χ3v) is 5.44. The molecule has 0 radical (unpaired) electrons. The van der Waals surface area contributed by atoms with E-state index in [2.05, 4.69) is 116 Å². The van der Waals surface area contributed by atoms with E-state index in [9.17, 15) is 0 Å². The highest BCUT2D eigenvalue weighted by Gasteiger charge is 2.18. The van der Waals surface area contributed by atoms with Gasteiger partial charge in [-0.25, -0.2) is 0 Å². The summed E-state index contributed by atoms with van der Waals surface area (Å²) in [6.45, 7) is 3.21. The molecule has 0 aliphatic rings. The molecular formula is C25H26N2. The van der Waals surface area contributed by atoms with Gasteiger partial charge in [0, 0.05) is 34.7 Å². The first-order valence-electron chi connectivity index (χ1n) is 9.54. The van der Waals surface area contributed by atoms with Crippen LogP contribution in [0.5, 0.6) is 0 Å². The van der Waals surface area contributed by atoms with Crippen molar-refractivity contribution < 1.29 is 0 Å². The number of hydrogen-bond acceptors (Lipinski definition) is 2. The Labute approximate surface area is 161 Å². The fourth-order valence-electron chi connectivity index (χ4n) is 3.64. The van der Waals surface area contributed by atoms with Gasteiger partial charge in [0.1, 0.15) is 0 Å². The summed E-state index contributed by atoms with van der Waals surface area (Å²) in [6, 6.07) is 30.9. The lowest BCUT2D eigenvalue weighted by Crippen LogP contribution is -2.36. The molecule has 0 aromatic heterocycles. The highest BCUT2D eigenvalue weighted by Crippen LogP contribution is 2.36. The van der Waals surface area contributed by atoms with Gasteiger partial charge in [0.25, 0.3) is 0 Å². The maximum Gasteiger partial charge on any atom is 0.0491 e. The number of rotatable bonds is 5. The number of likely N-dealkylation sites (N-methyl/N-ethyl adjacent to an activating group) is 1. The molecule has 1 unspecified atom stereocenters. The Bertz CT molecular complexity index is 978. The Morgan fingerprint density at radius 3 is 1.56 bits per heavy atom. The molecule has 0 aliphatic carbocycles. The molecule has 4 aromatic rings. The fourth-order valence-corrected chi connectivity index (χ4v) is 3.64. The van der Waals surface area contributed by atoms with Crippen molar-refractivity contribution in [1.82, 2.24) is 4.90 Å². The van der Waals surface area contributed by atoms with Gasteiger partial charge in [0.05, 0.1) is 0 Å². The first-order chi connectivity index (χ1) is 13.1. The van der Waals surface area contributed by atoms with Crippen molar-refractivity contribution in [3.63, 3.8) is 0 Å². The molecule has 0 fully saturated rings. The third-order valence-electron chi connectivity index (χ3n) is 5.44. The zero-order valence-corrected chi connectivity index (χ0v) is 16.3. The summed E-state index contributed by atoms with van der Waals surface area (Å²) in [7, 11) is 4.30. The zero-order valence-electron chi connectivity index (χ0n) is 16.3. The lowest BCUT2D eigenvalue weighted by molar-refractivity contribution is 0.319. The van der Waals surface area contributed by atoms with Crippen LogP contribution in [-0.4, -0.2) is 31.6 Å². The van der Waals surface area contributed by atoms with Crippen molar-refractivity contribution in [3.05, 3.63) is 84.9 Å². The summed E-state index contributed by atoms with van der Waals surface area (Å²) in [5, 5.41) is 5.13. The second-order valence-corrected chi connectivity index (χ2v) is 7.42. The summed E-state index contributed by atoms with van der Waals surface area (Å²) >= 11 is 0. The van der Waals surface area contributed by atoms with Crippen LogP contribution in [0.15, 0.2) is 84.9 Å². The predicted molar refractivity (Wildman–Crippen MR) is 118 cm³/mol. The normalized spacial score (nSPS) is 12.6. The highest BCUT2D eigenvalue weighted by molar-refractivity contribution is 6.01. The summed E-state index contributed by atoms with van der Waals surface area (Å²) in [4.78, 5) is 4.76. The maximum atomic E-state index is 2.48. The van der Waals surface area contributed by atoms with Crippen LogP contribution in [0.2, 0.25) is 0 Å². The van der Waals surface area contributed by atoms with Crippen molar-refractivity contribution in [3.8, 4) is 0 Å². The van der Waals surface area contributed by atoms with E-state index in [4.69, 9.17) is 0 Å². The van der Waals surface area contributed by atoms with E-state index in [1.54, 1.807) is 0 Å². The van der Waals surface area contributed by atoms with Gasteiger partial charge < -0.3 is 9.80 Å².